The highest BCUT2D eigenvalue weighted by Crippen LogP contribution is 2.36. The molecule has 0 spiro atoms. The Hall–Kier alpha value is -1.77. The minimum absolute atomic E-state index is 0.0788. The van der Waals surface area contributed by atoms with E-state index >= 15 is 0 Å². The van der Waals surface area contributed by atoms with E-state index in [-0.39, 0.29) is 5.56 Å². The Labute approximate surface area is 154 Å². The van der Waals surface area contributed by atoms with E-state index < -0.39 is 17.5 Å². The molecule has 26 heavy (non-hydrogen) atoms. The van der Waals surface area contributed by atoms with Crippen molar-refractivity contribution >= 4 is 0 Å². The number of halogens is 3. The van der Waals surface area contributed by atoms with Gasteiger partial charge in [0.2, 0.25) is 0 Å². The molecule has 1 fully saturated rings. The van der Waals surface area contributed by atoms with Crippen LogP contribution in [0.1, 0.15) is 51.5 Å². The lowest BCUT2D eigenvalue weighted by Gasteiger charge is -2.32. The van der Waals surface area contributed by atoms with E-state index in [0.717, 1.165) is 5.92 Å². The van der Waals surface area contributed by atoms with Gasteiger partial charge in [-0.25, -0.2) is 13.2 Å². The number of hydrogen-bond donors (Lipinski definition) is 0. The summed E-state index contributed by atoms with van der Waals surface area (Å²) in [5, 5.41) is 0. The van der Waals surface area contributed by atoms with Crippen molar-refractivity contribution in [2.24, 2.45) is 17.8 Å². The second kappa shape index (κ2) is 8.28. The lowest BCUT2D eigenvalue weighted by Crippen LogP contribution is -2.21. The predicted molar refractivity (Wildman–Crippen MR) is 100 cm³/mol. The summed E-state index contributed by atoms with van der Waals surface area (Å²) in [6.07, 6.45) is 6.94. The maximum absolute atomic E-state index is 14.6. The molecule has 140 valence electrons. The monoisotopic (exact) mass is 360 g/mol. The Balaban J connectivity index is 1.72. The molecule has 0 amide bonds. The smallest absolute Gasteiger partial charge is 0.134 e. The van der Waals surface area contributed by atoms with Gasteiger partial charge in [-0.05, 0) is 72.4 Å². The van der Waals surface area contributed by atoms with Crippen LogP contribution in [0.2, 0.25) is 0 Å². The summed E-state index contributed by atoms with van der Waals surface area (Å²) in [5.74, 6) is 0.340. The van der Waals surface area contributed by atoms with Crippen LogP contribution in [0.4, 0.5) is 13.2 Å². The molecule has 0 heterocycles. The van der Waals surface area contributed by atoms with E-state index in [0.29, 0.717) is 29.4 Å². The second-order valence-corrected chi connectivity index (χ2v) is 7.81. The fourth-order valence-electron chi connectivity index (χ4n) is 4.34. The van der Waals surface area contributed by atoms with Crippen molar-refractivity contribution in [3.8, 4) is 11.1 Å². The lowest BCUT2D eigenvalue weighted by molar-refractivity contribution is 0.210. The third kappa shape index (κ3) is 4.31. The standard InChI is InChI=1S/C23H27F3/c1-3-16-4-6-18(7-5-16)15(2)12-17-13-21(25)23(22(26)14-17)19-8-10-20(24)11-9-19/h8-11,13-16,18H,3-7,12H2,1-2H3. The largest absolute Gasteiger partial charge is 0.207 e. The zero-order valence-electron chi connectivity index (χ0n) is 15.6. The van der Waals surface area contributed by atoms with Crippen LogP contribution in [0.3, 0.4) is 0 Å². The molecule has 1 saturated carbocycles. The molecular weight excluding hydrogens is 333 g/mol. The molecule has 0 aliphatic heterocycles. The van der Waals surface area contributed by atoms with Crippen LogP contribution >= 0.6 is 0 Å². The maximum atomic E-state index is 14.6. The van der Waals surface area contributed by atoms with Crippen molar-refractivity contribution in [1.29, 1.82) is 0 Å². The summed E-state index contributed by atoms with van der Waals surface area (Å²) in [6.45, 7) is 4.45. The summed E-state index contributed by atoms with van der Waals surface area (Å²) in [6, 6.07) is 8.14. The molecule has 0 nitrogen and oxygen atoms in total. The molecule has 1 atom stereocenters. The molecule has 1 unspecified atom stereocenters. The van der Waals surface area contributed by atoms with Gasteiger partial charge >= 0.3 is 0 Å². The fourth-order valence-corrected chi connectivity index (χ4v) is 4.34. The molecule has 1 aliphatic carbocycles. The Morgan fingerprint density at radius 3 is 2.04 bits per heavy atom. The van der Waals surface area contributed by atoms with Crippen molar-refractivity contribution in [3.05, 3.63) is 59.4 Å². The summed E-state index contributed by atoms with van der Waals surface area (Å²) in [4.78, 5) is 0. The average molecular weight is 360 g/mol. The van der Waals surface area contributed by atoms with E-state index in [2.05, 4.69) is 13.8 Å². The SMILES string of the molecule is CCC1CCC(C(C)Cc2cc(F)c(-c3ccc(F)cc3)c(F)c2)CC1. The van der Waals surface area contributed by atoms with E-state index in [1.165, 1.54) is 68.5 Å². The van der Waals surface area contributed by atoms with Crippen molar-refractivity contribution in [1.82, 2.24) is 0 Å². The summed E-state index contributed by atoms with van der Waals surface area (Å²) >= 11 is 0. The van der Waals surface area contributed by atoms with Gasteiger partial charge in [0.1, 0.15) is 17.5 Å². The highest BCUT2D eigenvalue weighted by Gasteiger charge is 2.25. The summed E-state index contributed by atoms with van der Waals surface area (Å²) in [5.41, 5.74) is 0.986. The lowest BCUT2D eigenvalue weighted by atomic mass is 9.74. The molecular formula is C23H27F3. The molecule has 0 bridgehead atoms. The van der Waals surface area contributed by atoms with E-state index in [1.807, 2.05) is 0 Å². The fraction of sp³-hybridized carbons (Fsp3) is 0.478. The highest BCUT2D eigenvalue weighted by molar-refractivity contribution is 5.65. The molecule has 1 aliphatic rings. The van der Waals surface area contributed by atoms with Gasteiger partial charge in [-0.15, -0.1) is 0 Å². The van der Waals surface area contributed by atoms with E-state index in [1.54, 1.807) is 0 Å². The van der Waals surface area contributed by atoms with Gasteiger partial charge in [0.15, 0.2) is 0 Å². The van der Waals surface area contributed by atoms with Crippen molar-refractivity contribution in [3.63, 3.8) is 0 Å². The van der Waals surface area contributed by atoms with Crippen LogP contribution in [0, 0.1) is 35.2 Å². The number of rotatable bonds is 5. The van der Waals surface area contributed by atoms with Gasteiger partial charge in [-0.1, -0.05) is 45.2 Å². The quantitative estimate of drug-likeness (QED) is 0.530. The zero-order chi connectivity index (χ0) is 18.7. The Morgan fingerprint density at radius 1 is 0.923 bits per heavy atom. The van der Waals surface area contributed by atoms with Crippen LogP contribution in [0.5, 0.6) is 0 Å². The minimum atomic E-state index is -0.575. The van der Waals surface area contributed by atoms with Gasteiger partial charge < -0.3 is 0 Å². The second-order valence-electron chi connectivity index (χ2n) is 7.81. The first-order valence-corrected chi connectivity index (χ1v) is 9.71. The third-order valence-electron chi connectivity index (χ3n) is 6.07. The van der Waals surface area contributed by atoms with Crippen molar-refractivity contribution in [2.75, 3.05) is 0 Å². The highest BCUT2D eigenvalue weighted by atomic mass is 19.1. The Bertz CT molecular complexity index is 705. The molecule has 2 aromatic rings. The van der Waals surface area contributed by atoms with Crippen LogP contribution in [-0.4, -0.2) is 0 Å². The van der Waals surface area contributed by atoms with Gasteiger partial charge in [-0.3, -0.25) is 0 Å². The zero-order valence-corrected chi connectivity index (χ0v) is 15.6. The van der Waals surface area contributed by atoms with Gasteiger partial charge in [-0.2, -0.15) is 0 Å². The van der Waals surface area contributed by atoms with Crippen LogP contribution in [-0.2, 0) is 6.42 Å². The van der Waals surface area contributed by atoms with Gasteiger partial charge in [0, 0.05) is 0 Å². The first kappa shape index (κ1) is 19.0. The molecule has 0 radical (unpaired) electrons. The predicted octanol–water partition coefficient (Wildman–Crippen LogP) is 7.17. The molecule has 0 aromatic heterocycles. The third-order valence-corrected chi connectivity index (χ3v) is 6.07. The molecule has 2 aromatic carbocycles. The minimum Gasteiger partial charge on any atom is -0.207 e. The van der Waals surface area contributed by atoms with Crippen LogP contribution in [0.25, 0.3) is 11.1 Å². The summed E-state index contributed by atoms with van der Waals surface area (Å²) < 4.78 is 42.2. The molecule has 0 N–H and O–H groups in total. The first-order valence-electron chi connectivity index (χ1n) is 9.71. The Morgan fingerprint density at radius 2 is 1.50 bits per heavy atom. The van der Waals surface area contributed by atoms with E-state index in [9.17, 15) is 13.2 Å². The molecule has 3 rings (SSSR count). The molecule has 3 heteroatoms. The van der Waals surface area contributed by atoms with Crippen LogP contribution < -0.4 is 0 Å². The maximum Gasteiger partial charge on any atom is 0.134 e. The normalized spacial score (nSPS) is 21.6. The van der Waals surface area contributed by atoms with Crippen molar-refractivity contribution in [2.45, 2.75) is 52.4 Å². The molecule has 0 saturated heterocycles. The van der Waals surface area contributed by atoms with Crippen molar-refractivity contribution < 1.29 is 13.2 Å². The topological polar surface area (TPSA) is 0 Å². The average Bonchev–Trinajstić information content (AvgIpc) is 2.63. The first-order chi connectivity index (χ1) is 12.5. The Kier molecular flexibility index (Phi) is 6.05. The van der Waals surface area contributed by atoms with Crippen LogP contribution in [0.15, 0.2) is 36.4 Å². The van der Waals surface area contributed by atoms with E-state index in [4.69, 9.17) is 0 Å². The summed E-state index contributed by atoms with van der Waals surface area (Å²) in [7, 11) is 0. The number of benzene rings is 2. The van der Waals surface area contributed by atoms with Gasteiger partial charge in [0.05, 0.1) is 5.56 Å². The number of hydrogen-bond acceptors (Lipinski definition) is 0. The van der Waals surface area contributed by atoms with Gasteiger partial charge in [0.25, 0.3) is 0 Å².